The van der Waals surface area contributed by atoms with Crippen LogP contribution in [0.4, 0.5) is 0 Å². The minimum Gasteiger partial charge on any atom is -0.496 e. The molecule has 0 aromatic heterocycles. The fraction of sp³-hybridized carbons (Fsp3) is 0.538. The normalized spacial score (nSPS) is 22.0. The van der Waals surface area contributed by atoms with Crippen LogP contribution >= 0.6 is 0 Å². The molecule has 16 heavy (non-hydrogen) atoms. The lowest BCUT2D eigenvalue weighted by atomic mass is 9.94. The number of hydrogen-bond donors (Lipinski definition) is 2. The average Bonchev–Trinajstić information content (AvgIpc) is 2.81. The van der Waals surface area contributed by atoms with Crippen molar-refractivity contribution in [2.75, 3.05) is 20.2 Å². The topological polar surface area (TPSA) is 47.3 Å². The lowest BCUT2D eigenvalue weighted by molar-refractivity contribution is 0.396. The molecular weight excluding hydrogens is 200 g/mol. The van der Waals surface area contributed by atoms with Gasteiger partial charge in [-0.25, -0.2) is 0 Å². The third-order valence-corrected chi connectivity index (χ3v) is 3.29. The Labute approximate surface area is 97.0 Å². The van der Waals surface area contributed by atoms with E-state index < -0.39 is 0 Å². The fourth-order valence-corrected chi connectivity index (χ4v) is 2.37. The van der Waals surface area contributed by atoms with Crippen LogP contribution in [0.5, 0.6) is 5.75 Å². The lowest BCUT2D eigenvalue weighted by Gasteiger charge is -2.18. The van der Waals surface area contributed by atoms with Gasteiger partial charge in [0.15, 0.2) is 0 Å². The first kappa shape index (κ1) is 11.4. The molecule has 2 rings (SSSR count). The van der Waals surface area contributed by atoms with Gasteiger partial charge in [0.2, 0.25) is 0 Å². The summed E-state index contributed by atoms with van der Waals surface area (Å²) in [5.41, 5.74) is 7.37. The maximum Gasteiger partial charge on any atom is 0.123 e. The first-order valence-corrected chi connectivity index (χ1v) is 5.90. The highest BCUT2D eigenvalue weighted by atomic mass is 16.5. The van der Waals surface area contributed by atoms with Crippen LogP contribution in [-0.2, 0) is 0 Å². The number of benzene rings is 1. The van der Waals surface area contributed by atoms with Gasteiger partial charge in [0.1, 0.15) is 5.75 Å². The summed E-state index contributed by atoms with van der Waals surface area (Å²) in [4.78, 5) is 0. The predicted molar refractivity (Wildman–Crippen MR) is 65.5 cm³/mol. The SMILES string of the molecule is COc1ccccc1C(N)CC1CCNC1. The molecule has 0 aliphatic carbocycles. The standard InChI is InChI=1S/C13H20N2O/c1-16-13-5-3-2-4-11(13)12(14)8-10-6-7-15-9-10/h2-5,10,12,15H,6-9,14H2,1H3. The van der Waals surface area contributed by atoms with Crippen molar-refractivity contribution >= 4 is 0 Å². The van der Waals surface area contributed by atoms with Gasteiger partial charge in [-0.2, -0.15) is 0 Å². The molecule has 88 valence electrons. The number of rotatable bonds is 4. The molecule has 0 bridgehead atoms. The van der Waals surface area contributed by atoms with Gasteiger partial charge in [0, 0.05) is 11.6 Å². The molecule has 3 heteroatoms. The molecule has 1 aromatic carbocycles. The molecule has 1 saturated heterocycles. The van der Waals surface area contributed by atoms with Crippen molar-refractivity contribution < 1.29 is 4.74 Å². The van der Waals surface area contributed by atoms with Crippen LogP contribution < -0.4 is 15.8 Å². The van der Waals surface area contributed by atoms with Crippen LogP contribution in [0.25, 0.3) is 0 Å². The molecule has 1 fully saturated rings. The van der Waals surface area contributed by atoms with E-state index >= 15 is 0 Å². The maximum absolute atomic E-state index is 6.24. The number of nitrogens with one attached hydrogen (secondary N) is 1. The number of ether oxygens (including phenoxy) is 1. The molecule has 3 nitrogen and oxygen atoms in total. The number of nitrogens with two attached hydrogens (primary N) is 1. The van der Waals surface area contributed by atoms with Crippen molar-refractivity contribution in [2.24, 2.45) is 11.7 Å². The van der Waals surface area contributed by atoms with E-state index in [1.165, 1.54) is 6.42 Å². The summed E-state index contributed by atoms with van der Waals surface area (Å²) < 4.78 is 5.34. The molecule has 1 aliphatic rings. The van der Waals surface area contributed by atoms with Gasteiger partial charge in [0.05, 0.1) is 7.11 Å². The number of hydrogen-bond acceptors (Lipinski definition) is 3. The van der Waals surface area contributed by atoms with Crippen molar-refractivity contribution in [2.45, 2.75) is 18.9 Å². The van der Waals surface area contributed by atoms with Crippen LogP contribution in [-0.4, -0.2) is 20.2 Å². The Morgan fingerprint density at radius 1 is 1.50 bits per heavy atom. The quantitative estimate of drug-likeness (QED) is 0.812. The van der Waals surface area contributed by atoms with Gasteiger partial charge in [0.25, 0.3) is 0 Å². The van der Waals surface area contributed by atoms with Gasteiger partial charge in [-0.15, -0.1) is 0 Å². The molecule has 0 spiro atoms. The van der Waals surface area contributed by atoms with E-state index in [2.05, 4.69) is 11.4 Å². The van der Waals surface area contributed by atoms with Crippen molar-refractivity contribution in [3.63, 3.8) is 0 Å². The molecule has 0 amide bonds. The molecule has 0 radical (unpaired) electrons. The maximum atomic E-state index is 6.24. The lowest BCUT2D eigenvalue weighted by Crippen LogP contribution is -2.18. The van der Waals surface area contributed by atoms with E-state index in [9.17, 15) is 0 Å². The smallest absolute Gasteiger partial charge is 0.123 e. The van der Waals surface area contributed by atoms with Gasteiger partial charge in [-0.05, 0) is 37.9 Å². The molecule has 1 aromatic rings. The Kier molecular flexibility index (Phi) is 3.80. The van der Waals surface area contributed by atoms with E-state index in [0.717, 1.165) is 30.8 Å². The Bertz CT molecular complexity index is 334. The molecular formula is C13H20N2O. The van der Waals surface area contributed by atoms with E-state index in [4.69, 9.17) is 10.5 Å². The second-order valence-electron chi connectivity index (χ2n) is 4.44. The van der Waals surface area contributed by atoms with E-state index in [0.29, 0.717) is 5.92 Å². The molecule has 0 saturated carbocycles. The monoisotopic (exact) mass is 220 g/mol. The average molecular weight is 220 g/mol. The minimum atomic E-state index is 0.0843. The first-order chi connectivity index (χ1) is 7.81. The highest BCUT2D eigenvalue weighted by Gasteiger charge is 2.20. The van der Waals surface area contributed by atoms with Gasteiger partial charge < -0.3 is 15.8 Å². The highest BCUT2D eigenvalue weighted by Crippen LogP contribution is 2.28. The van der Waals surface area contributed by atoms with Crippen LogP contribution in [0, 0.1) is 5.92 Å². The van der Waals surface area contributed by atoms with E-state index in [-0.39, 0.29) is 6.04 Å². The number of para-hydroxylation sites is 1. The van der Waals surface area contributed by atoms with Gasteiger partial charge >= 0.3 is 0 Å². The third kappa shape index (κ3) is 2.54. The zero-order chi connectivity index (χ0) is 11.4. The first-order valence-electron chi connectivity index (χ1n) is 5.90. The summed E-state index contributed by atoms with van der Waals surface area (Å²) in [6, 6.07) is 8.12. The summed E-state index contributed by atoms with van der Waals surface area (Å²) in [7, 11) is 1.70. The third-order valence-electron chi connectivity index (χ3n) is 3.29. The predicted octanol–water partition coefficient (Wildman–Crippen LogP) is 1.69. The Hall–Kier alpha value is -1.06. The van der Waals surface area contributed by atoms with E-state index in [1.807, 2.05) is 18.2 Å². The summed E-state index contributed by atoms with van der Waals surface area (Å²) >= 11 is 0. The zero-order valence-corrected chi connectivity index (χ0v) is 9.78. The Morgan fingerprint density at radius 2 is 2.31 bits per heavy atom. The fourth-order valence-electron chi connectivity index (χ4n) is 2.37. The van der Waals surface area contributed by atoms with Crippen molar-refractivity contribution in [3.05, 3.63) is 29.8 Å². The molecule has 3 N–H and O–H groups in total. The molecule has 1 aliphatic heterocycles. The summed E-state index contributed by atoms with van der Waals surface area (Å²) in [5, 5.41) is 3.37. The van der Waals surface area contributed by atoms with E-state index in [1.54, 1.807) is 7.11 Å². The van der Waals surface area contributed by atoms with Crippen molar-refractivity contribution in [3.8, 4) is 5.75 Å². The molecule has 2 atom stereocenters. The van der Waals surface area contributed by atoms with Crippen LogP contribution in [0.3, 0.4) is 0 Å². The van der Waals surface area contributed by atoms with Gasteiger partial charge in [-0.3, -0.25) is 0 Å². The minimum absolute atomic E-state index is 0.0843. The number of methoxy groups -OCH3 is 1. The second-order valence-corrected chi connectivity index (χ2v) is 4.44. The zero-order valence-electron chi connectivity index (χ0n) is 9.78. The summed E-state index contributed by atoms with van der Waals surface area (Å²) in [6.45, 7) is 2.23. The second kappa shape index (κ2) is 5.32. The van der Waals surface area contributed by atoms with Crippen LogP contribution in [0.2, 0.25) is 0 Å². The molecule has 2 unspecified atom stereocenters. The van der Waals surface area contributed by atoms with Crippen LogP contribution in [0.1, 0.15) is 24.4 Å². The molecule has 1 heterocycles. The Morgan fingerprint density at radius 3 is 3.00 bits per heavy atom. The summed E-state index contributed by atoms with van der Waals surface area (Å²) in [5.74, 6) is 1.61. The van der Waals surface area contributed by atoms with Crippen molar-refractivity contribution in [1.82, 2.24) is 5.32 Å². The summed E-state index contributed by atoms with van der Waals surface area (Å²) in [6.07, 6.45) is 2.27. The Balaban J connectivity index is 2.04. The van der Waals surface area contributed by atoms with Crippen LogP contribution in [0.15, 0.2) is 24.3 Å². The van der Waals surface area contributed by atoms with Crippen molar-refractivity contribution in [1.29, 1.82) is 0 Å². The largest absolute Gasteiger partial charge is 0.496 e. The van der Waals surface area contributed by atoms with Gasteiger partial charge in [-0.1, -0.05) is 18.2 Å². The highest BCUT2D eigenvalue weighted by molar-refractivity contribution is 5.35.